The van der Waals surface area contributed by atoms with Crippen molar-refractivity contribution in [2.75, 3.05) is 0 Å². The second kappa shape index (κ2) is 9.61. The van der Waals surface area contributed by atoms with Gasteiger partial charge in [0, 0.05) is 0 Å². The first-order chi connectivity index (χ1) is 14.4. The number of rotatable bonds is 8. The summed E-state index contributed by atoms with van der Waals surface area (Å²) in [6, 6.07) is 20.5. The average Bonchev–Trinajstić information content (AvgIpc) is 2.75. The number of hydrogen-bond acceptors (Lipinski definition) is 6. The van der Waals surface area contributed by atoms with Crippen LogP contribution in [0.4, 0.5) is 0 Å². The summed E-state index contributed by atoms with van der Waals surface area (Å²) in [4.78, 5) is 17.1. The van der Waals surface area contributed by atoms with Crippen LogP contribution in [0.15, 0.2) is 72.8 Å². The largest absolute Gasteiger partial charge is 0.625 e. The number of phosphoric acid groups is 1. The summed E-state index contributed by atoms with van der Waals surface area (Å²) in [6.07, 6.45) is 0.843. The van der Waals surface area contributed by atoms with Gasteiger partial charge in [0.25, 0.3) is 0 Å². The molecule has 30 heavy (non-hydrogen) atoms. The molecule has 0 N–H and O–H groups in total. The van der Waals surface area contributed by atoms with E-state index in [0.717, 1.165) is 23.1 Å². The van der Waals surface area contributed by atoms with Crippen molar-refractivity contribution in [1.29, 1.82) is 0 Å². The predicted octanol–water partition coefficient (Wildman–Crippen LogP) is 6.22. The first-order valence-electron chi connectivity index (χ1n) is 9.49. The van der Waals surface area contributed by atoms with Crippen LogP contribution in [0, 0.1) is 13.8 Å². The molecule has 3 aromatic carbocycles. The molecule has 0 bridgehead atoms. The third kappa shape index (κ3) is 5.96. The van der Waals surface area contributed by atoms with Crippen molar-refractivity contribution in [2.45, 2.75) is 27.2 Å². The van der Waals surface area contributed by atoms with Gasteiger partial charge in [0.05, 0.1) is 5.56 Å². The molecule has 0 unspecified atom stereocenters. The Balaban J connectivity index is 1.76. The Bertz CT molecular complexity index is 975. The molecular formula is C23H23O6P. The summed E-state index contributed by atoms with van der Waals surface area (Å²) in [5.41, 5.74) is 3.33. The molecule has 0 spiro atoms. The summed E-state index contributed by atoms with van der Waals surface area (Å²) in [5.74, 6) is -0.309. The minimum atomic E-state index is -4.33. The Morgan fingerprint density at radius 1 is 0.767 bits per heavy atom. The van der Waals surface area contributed by atoms with Crippen molar-refractivity contribution in [3.8, 4) is 11.5 Å². The van der Waals surface area contributed by atoms with E-state index in [1.165, 1.54) is 0 Å². The van der Waals surface area contributed by atoms with Gasteiger partial charge in [-0.2, -0.15) is 0 Å². The standard InChI is InChI=1S/C23H23O6P/c1-4-19-9-11-20(12-10-19)23(24)26-29-30(25,27-21-13-5-17(2)6-14-21)28-22-15-7-18(3)8-16-22/h5-16H,4H2,1-3H3. The minimum absolute atomic E-state index is 0.249. The SMILES string of the molecule is CCc1ccc(C(=O)OOP(=O)(Oc2ccc(C)cc2)Oc2ccc(C)cc2)cc1. The maximum atomic E-state index is 13.2. The molecule has 0 saturated heterocycles. The highest BCUT2D eigenvalue weighted by Crippen LogP contribution is 2.50. The van der Waals surface area contributed by atoms with Crippen molar-refractivity contribution >= 4 is 13.8 Å². The number of hydrogen-bond donors (Lipinski definition) is 0. The smallest absolute Gasteiger partial charge is 0.393 e. The number of benzene rings is 3. The summed E-state index contributed by atoms with van der Waals surface area (Å²) >= 11 is 0. The maximum absolute atomic E-state index is 13.2. The van der Waals surface area contributed by atoms with Crippen LogP contribution in [0.2, 0.25) is 0 Å². The quantitative estimate of drug-likeness (QED) is 0.242. The van der Waals surface area contributed by atoms with Crippen molar-refractivity contribution in [2.24, 2.45) is 0 Å². The highest BCUT2D eigenvalue weighted by Gasteiger charge is 2.35. The summed E-state index contributed by atoms with van der Waals surface area (Å²) in [6.45, 7) is 5.83. The molecular weight excluding hydrogens is 403 g/mol. The van der Waals surface area contributed by atoms with E-state index in [4.69, 9.17) is 18.6 Å². The molecule has 0 aliphatic heterocycles. The molecule has 0 aliphatic rings. The fourth-order valence-corrected chi connectivity index (χ4v) is 3.53. The van der Waals surface area contributed by atoms with Crippen molar-refractivity contribution < 1.29 is 28.0 Å². The van der Waals surface area contributed by atoms with Crippen LogP contribution in [0.25, 0.3) is 0 Å². The average molecular weight is 426 g/mol. The molecule has 3 aromatic rings. The molecule has 3 rings (SSSR count). The summed E-state index contributed by atoms with van der Waals surface area (Å²) in [7, 11) is -4.33. The van der Waals surface area contributed by atoms with Crippen LogP contribution in [-0.2, 0) is 20.5 Å². The van der Waals surface area contributed by atoms with Crippen LogP contribution >= 0.6 is 7.82 Å². The molecule has 0 aliphatic carbocycles. The van der Waals surface area contributed by atoms with Gasteiger partial charge in [-0.15, -0.1) is 0 Å². The van der Waals surface area contributed by atoms with Gasteiger partial charge >= 0.3 is 13.8 Å². The topological polar surface area (TPSA) is 71.1 Å². The predicted molar refractivity (Wildman–Crippen MR) is 114 cm³/mol. The van der Waals surface area contributed by atoms with Gasteiger partial charge in [0.15, 0.2) is 0 Å². The van der Waals surface area contributed by atoms with Crippen LogP contribution in [-0.4, -0.2) is 5.97 Å². The van der Waals surface area contributed by atoms with Gasteiger partial charge < -0.3 is 9.05 Å². The van der Waals surface area contributed by atoms with E-state index in [-0.39, 0.29) is 17.1 Å². The Kier molecular flexibility index (Phi) is 6.93. The van der Waals surface area contributed by atoms with E-state index in [1.54, 1.807) is 60.7 Å². The van der Waals surface area contributed by atoms with Crippen LogP contribution in [0.5, 0.6) is 11.5 Å². The number of phosphoric ester groups is 1. The van der Waals surface area contributed by atoms with Gasteiger partial charge in [0.2, 0.25) is 0 Å². The Morgan fingerprint density at radius 2 is 1.23 bits per heavy atom. The van der Waals surface area contributed by atoms with E-state index in [2.05, 4.69) is 0 Å². The van der Waals surface area contributed by atoms with Crippen molar-refractivity contribution in [1.82, 2.24) is 0 Å². The highest BCUT2D eigenvalue weighted by molar-refractivity contribution is 7.49. The zero-order chi connectivity index (χ0) is 21.6. The molecule has 6 nitrogen and oxygen atoms in total. The van der Waals surface area contributed by atoms with Gasteiger partial charge in [-0.25, -0.2) is 9.36 Å². The summed E-state index contributed by atoms with van der Waals surface area (Å²) in [5, 5.41) is 0. The highest BCUT2D eigenvalue weighted by atomic mass is 31.2. The third-order valence-corrected chi connectivity index (χ3v) is 5.40. The molecule has 0 amide bonds. The van der Waals surface area contributed by atoms with E-state index in [0.29, 0.717) is 0 Å². The van der Waals surface area contributed by atoms with Crippen LogP contribution in [0.1, 0.15) is 34.0 Å². The zero-order valence-corrected chi connectivity index (χ0v) is 17.9. The zero-order valence-electron chi connectivity index (χ0n) is 17.0. The molecule has 0 aromatic heterocycles. The van der Waals surface area contributed by atoms with Gasteiger partial charge in [-0.1, -0.05) is 54.4 Å². The lowest BCUT2D eigenvalue weighted by atomic mass is 10.1. The molecule has 156 valence electrons. The first kappa shape index (κ1) is 21.6. The Hall–Kier alpha value is -3.08. The lowest BCUT2D eigenvalue weighted by Crippen LogP contribution is -2.10. The van der Waals surface area contributed by atoms with Crippen LogP contribution < -0.4 is 9.05 Å². The van der Waals surface area contributed by atoms with Crippen LogP contribution in [0.3, 0.4) is 0 Å². The van der Waals surface area contributed by atoms with E-state index < -0.39 is 13.8 Å². The van der Waals surface area contributed by atoms with Gasteiger partial charge in [-0.3, -0.25) is 4.89 Å². The van der Waals surface area contributed by atoms with Gasteiger partial charge in [-0.05, 0) is 66.9 Å². The fraction of sp³-hybridized carbons (Fsp3) is 0.174. The molecule has 0 radical (unpaired) electrons. The molecule has 7 heteroatoms. The maximum Gasteiger partial charge on any atom is 0.625 e. The fourth-order valence-electron chi connectivity index (χ4n) is 2.51. The minimum Gasteiger partial charge on any atom is -0.393 e. The Morgan fingerprint density at radius 3 is 1.67 bits per heavy atom. The first-order valence-corrected chi connectivity index (χ1v) is 10.9. The van der Waals surface area contributed by atoms with E-state index in [1.807, 2.05) is 32.9 Å². The van der Waals surface area contributed by atoms with Gasteiger partial charge in [0.1, 0.15) is 11.5 Å². The van der Waals surface area contributed by atoms with Crippen molar-refractivity contribution in [3.63, 3.8) is 0 Å². The third-order valence-electron chi connectivity index (χ3n) is 4.28. The monoisotopic (exact) mass is 426 g/mol. The molecule has 0 heterocycles. The molecule has 0 saturated carbocycles. The molecule has 0 atom stereocenters. The second-order valence-corrected chi connectivity index (χ2v) is 8.16. The lowest BCUT2D eigenvalue weighted by molar-refractivity contribution is -0.163. The number of carbonyl (C=O) groups excluding carboxylic acids is 1. The normalized spacial score (nSPS) is 11.0. The summed E-state index contributed by atoms with van der Waals surface area (Å²) < 4.78 is 29.0. The number of aryl methyl sites for hydroxylation is 3. The molecule has 0 fully saturated rings. The Labute approximate surface area is 175 Å². The number of carbonyl (C=O) groups is 1. The van der Waals surface area contributed by atoms with E-state index >= 15 is 0 Å². The lowest BCUT2D eigenvalue weighted by Gasteiger charge is -2.17. The van der Waals surface area contributed by atoms with E-state index in [9.17, 15) is 9.36 Å². The van der Waals surface area contributed by atoms with Crippen molar-refractivity contribution in [3.05, 3.63) is 95.1 Å². The second-order valence-electron chi connectivity index (χ2n) is 6.75.